The molecule has 0 aliphatic carbocycles. The predicted molar refractivity (Wildman–Crippen MR) is 61.0 cm³/mol. The zero-order valence-corrected chi connectivity index (χ0v) is 8.72. The Bertz CT molecular complexity index is 584. The second-order valence-corrected chi connectivity index (χ2v) is 3.42. The fourth-order valence-electron chi connectivity index (χ4n) is 1.46. The second kappa shape index (κ2) is 4.21. The maximum atomic E-state index is 13.5. The first-order valence-electron chi connectivity index (χ1n) is 4.84. The first kappa shape index (κ1) is 11.1. The monoisotopic (exact) mass is 232 g/mol. The van der Waals surface area contributed by atoms with Crippen molar-refractivity contribution < 1.29 is 14.3 Å². The van der Waals surface area contributed by atoms with Crippen molar-refractivity contribution in [1.29, 1.82) is 0 Å². The van der Waals surface area contributed by atoms with Crippen LogP contribution in [0.25, 0.3) is 11.3 Å². The van der Waals surface area contributed by atoms with Crippen LogP contribution >= 0.6 is 0 Å². The normalized spacial score (nSPS) is 10.2. The number of nitrogen functional groups attached to an aromatic ring is 1. The number of rotatable bonds is 2. The summed E-state index contributed by atoms with van der Waals surface area (Å²) >= 11 is 0. The van der Waals surface area contributed by atoms with Crippen LogP contribution in [0, 0.1) is 5.82 Å². The van der Waals surface area contributed by atoms with Gasteiger partial charge in [0.25, 0.3) is 0 Å². The minimum absolute atomic E-state index is 0.0533. The minimum Gasteiger partial charge on any atom is -0.476 e. The van der Waals surface area contributed by atoms with Crippen LogP contribution < -0.4 is 5.73 Å². The number of aromatic carboxylic acids is 1. The lowest BCUT2D eigenvalue weighted by Gasteiger charge is -2.05. The molecule has 0 saturated heterocycles. The minimum atomic E-state index is -1.24. The van der Waals surface area contributed by atoms with Crippen LogP contribution in [0.2, 0.25) is 0 Å². The van der Waals surface area contributed by atoms with Gasteiger partial charge in [0.15, 0.2) is 5.69 Å². The molecule has 0 aliphatic rings. The Balaban J connectivity index is 2.58. The molecule has 1 aromatic carbocycles. The Morgan fingerprint density at radius 2 is 1.94 bits per heavy atom. The molecule has 5 heteroatoms. The van der Waals surface area contributed by atoms with Crippen LogP contribution in [0.3, 0.4) is 0 Å². The van der Waals surface area contributed by atoms with Crippen LogP contribution in [0.4, 0.5) is 10.1 Å². The van der Waals surface area contributed by atoms with Gasteiger partial charge in [0, 0.05) is 5.56 Å². The third-order valence-corrected chi connectivity index (χ3v) is 2.28. The third-order valence-electron chi connectivity index (χ3n) is 2.28. The van der Waals surface area contributed by atoms with E-state index in [9.17, 15) is 9.18 Å². The molecule has 3 N–H and O–H groups in total. The molecule has 0 amide bonds. The fraction of sp³-hybridized carbons (Fsp3) is 0. The number of nitrogens with two attached hydrogens (primary N) is 1. The Hall–Kier alpha value is -2.43. The number of halogens is 1. The summed E-state index contributed by atoms with van der Waals surface area (Å²) in [6.45, 7) is 0. The number of carbonyl (C=O) groups is 1. The average molecular weight is 232 g/mol. The molecule has 4 nitrogen and oxygen atoms in total. The standard InChI is InChI=1S/C12H9FN2O2/c13-8-4-2-1-3-7(8)10-6-5-9(14)11(15-10)12(16)17/h1-6H,14H2,(H,16,17). The number of anilines is 1. The zero-order chi connectivity index (χ0) is 12.4. The zero-order valence-electron chi connectivity index (χ0n) is 8.72. The van der Waals surface area contributed by atoms with Crippen molar-refractivity contribution in [2.45, 2.75) is 0 Å². The van der Waals surface area contributed by atoms with Crippen LogP contribution in [-0.2, 0) is 0 Å². The van der Waals surface area contributed by atoms with E-state index in [0.717, 1.165) is 0 Å². The Morgan fingerprint density at radius 3 is 2.59 bits per heavy atom. The Kier molecular flexibility index (Phi) is 2.74. The Morgan fingerprint density at radius 1 is 1.24 bits per heavy atom. The van der Waals surface area contributed by atoms with Crippen molar-refractivity contribution in [3.05, 3.63) is 47.9 Å². The van der Waals surface area contributed by atoms with Crippen LogP contribution in [-0.4, -0.2) is 16.1 Å². The number of hydrogen-bond acceptors (Lipinski definition) is 3. The molecule has 86 valence electrons. The number of carboxylic acid groups (broad SMARTS) is 1. The molecule has 1 aromatic heterocycles. The van der Waals surface area contributed by atoms with E-state index in [1.807, 2.05) is 0 Å². The molecule has 2 rings (SSSR count). The second-order valence-electron chi connectivity index (χ2n) is 3.42. The number of hydrogen-bond donors (Lipinski definition) is 2. The summed E-state index contributed by atoms with van der Waals surface area (Å²) < 4.78 is 13.5. The van der Waals surface area contributed by atoms with Gasteiger partial charge >= 0.3 is 5.97 Å². The summed E-state index contributed by atoms with van der Waals surface area (Å²) in [6, 6.07) is 8.90. The van der Waals surface area contributed by atoms with Gasteiger partial charge in [0.2, 0.25) is 0 Å². The first-order chi connectivity index (χ1) is 8.09. The highest BCUT2D eigenvalue weighted by atomic mass is 19.1. The highest BCUT2D eigenvalue weighted by Crippen LogP contribution is 2.22. The van der Waals surface area contributed by atoms with Gasteiger partial charge in [-0.2, -0.15) is 0 Å². The van der Waals surface area contributed by atoms with E-state index in [4.69, 9.17) is 10.8 Å². The highest BCUT2D eigenvalue weighted by Gasteiger charge is 2.13. The van der Waals surface area contributed by atoms with Gasteiger partial charge in [0.05, 0.1) is 11.4 Å². The number of nitrogens with zero attached hydrogens (tertiary/aromatic N) is 1. The maximum Gasteiger partial charge on any atom is 0.356 e. The van der Waals surface area contributed by atoms with Crippen LogP contribution in [0.5, 0.6) is 0 Å². The summed E-state index contributed by atoms with van der Waals surface area (Å²) in [5.41, 5.74) is 5.74. The smallest absolute Gasteiger partial charge is 0.356 e. The lowest BCUT2D eigenvalue weighted by atomic mass is 10.1. The molecular formula is C12H9FN2O2. The van der Waals surface area contributed by atoms with Crippen molar-refractivity contribution in [1.82, 2.24) is 4.98 Å². The van der Waals surface area contributed by atoms with Gasteiger partial charge in [-0.1, -0.05) is 12.1 Å². The average Bonchev–Trinajstić information content (AvgIpc) is 2.30. The lowest BCUT2D eigenvalue weighted by molar-refractivity contribution is 0.0692. The molecule has 0 atom stereocenters. The van der Waals surface area contributed by atoms with E-state index in [2.05, 4.69) is 4.98 Å². The summed E-state index contributed by atoms with van der Waals surface area (Å²) in [5.74, 6) is -1.69. The van der Waals surface area contributed by atoms with E-state index in [1.165, 1.54) is 24.3 Å². The van der Waals surface area contributed by atoms with Crippen molar-refractivity contribution in [2.75, 3.05) is 5.73 Å². The number of benzene rings is 1. The van der Waals surface area contributed by atoms with Gasteiger partial charge in [-0.15, -0.1) is 0 Å². The molecular weight excluding hydrogens is 223 g/mol. The molecule has 2 aromatic rings. The highest BCUT2D eigenvalue weighted by molar-refractivity contribution is 5.92. The topological polar surface area (TPSA) is 76.2 Å². The molecule has 17 heavy (non-hydrogen) atoms. The first-order valence-corrected chi connectivity index (χ1v) is 4.84. The van der Waals surface area contributed by atoms with Crippen LogP contribution in [0.15, 0.2) is 36.4 Å². The van der Waals surface area contributed by atoms with Crippen molar-refractivity contribution in [3.8, 4) is 11.3 Å². The summed E-state index contributed by atoms with van der Waals surface area (Å²) in [6.07, 6.45) is 0. The number of pyridine rings is 1. The van der Waals surface area contributed by atoms with Crippen molar-refractivity contribution in [2.24, 2.45) is 0 Å². The summed E-state index contributed by atoms with van der Waals surface area (Å²) in [7, 11) is 0. The van der Waals surface area contributed by atoms with E-state index in [0.29, 0.717) is 0 Å². The van der Waals surface area contributed by atoms with Crippen LogP contribution in [0.1, 0.15) is 10.5 Å². The summed E-state index contributed by atoms with van der Waals surface area (Å²) in [5, 5.41) is 8.87. The molecule has 0 unspecified atom stereocenters. The summed E-state index contributed by atoms with van der Waals surface area (Å²) in [4.78, 5) is 14.7. The third kappa shape index (κ3) is 2.08. The maximum absolute atomic E-state index is 13.5. The molecule has 1 heterocycles. The molecule has 0 radical (unpaired) electrons. The van der Waals surface area contributed by atoms with Gasteiger partial charge in [-0.3, -0.25) is 0 Å². The van der Waals surface area contributed by atoms with Crippen molar-refractivity contribution in [3.63, 3.8) is 0 Å². The molecule has 0 saturated carbocycles. The number of aromatic nitrogens is 1. The molecule has 0 spiro atoms. The van der Waals surface area contributed by atoms with E-state index >= 15 is 0 Å². The SMILES string of the molecule is Nc1ccc(-c2ccccc2F)nc1C(=O)O. The van der Waals surface area contributed by atoms with Gasteiger partial charge < -0.3 is 10.8 Å². The van der Waals surface area contributed by atoms with Gasteiger partial charge in [0.1, 0.15) is 5.82 Å². The Labute approximate surface area is 96.5 Å². The predicted octanol–water partition coefficient (Wildman–Crippen LogP) is 2.17. The largest absolute Gasteiger partial charge is 0.476 e. The fourth-order valence-corrected chi connectivity index (χ4v) is 1.46. The van der Waals surface area contributed by atoms with E-state index in [1.54, 1.807) is 12.1 Å². The van der Waals surface area contributed by atoms with Gasteiger partial charge in [-0.25, -0.2) is 14.2 Å². The van der Waals surface area contributed by atoms with E-state index in [-0.39, 0.29) is 22.6 Å². The molecule has 0 aliphatic heterocycles. The quantitative estimate of drug-likeness (QED) is 0.831. The van der Waals surface area contributed by atoms with Crippen molar-refractivity contribution >= 4 is 11.7 Å². The molecule has 0 fully saturated rings. The van der Waals surface area contributed by atoms with Gasteiger partial charge in [-0.05, 0) is 24.3 Å². The van der Waals surface area contributed by atoms with E-state index < -0.39 is 11.8 Å². The molecule has 0 bridgehead atoms. The lowest BCUT2D eigenvalue weighted by Crippen LogP contribution is -2.06. The number of carboxylic acids is 1.